The average Bonchev–Trinajstić information content (AvgIpc) is 2.89. The molecule has 1 aromatic carbocycles. The highest BCUT2D eigenvalue weighted by atomic mass is 32.1. The van der Waals surface area contributed by atoms with Gasteiger partial charge in [-0.25, -0.2) is 9.78 Å². The smallest absolute Gasteiger partial charge is 0.337 e. The lowest BCUT2D eigenvalue weighted by Gasteiger charge is -2.09. The van der Waals surface area contributed by atoms with Crippen molar-refractivity contribution in [3.05, 3.63) is 39.9 Å². The Morgan fingerprint density at radius 3 is 3.00 bits per heavy atom. The summed E-state index contributed by atoms with van der Waals surface area (Å²) in [5, 5.41) is 4.40. The number of thiazole rings is 1. The van der Waals surface area contributed by atoms with Gasteiger partial charge in [-0.2, -0.15) is 0 Å². The normalized spacial score (nSPS) is 13.9. The van der Waals surface area contributed by atoms with Gasteiger partial charge in [0.15, 0.2) is 0 Å². The fourth-order valence-corrected chi connectivity index (χ4v) is 3.56. The van der Waals surface area contributed by atoms with Crippen LogP contribution in [0.1, 0.15) is 26.5 Å². The molecule has 0 radical (unpaired) electrons. The van der Waals surface area contributed by atoms with Gasteiger partial charge in [-0.1, -0.05) is 6.07 Å². The number of ether oxygens (including phenoxy) is 1. The number of nitrogens with zero attached hydrogens (tertiary/aromatic N) is 1. The van der Waals surface area contributed by atoms with Gasteiger partial charge in [-0.15, -0.1) is 11.3 Å². The lowest BCUT2D eigenvalue weighted by Crippen LogP contribution is -2.22. The summed E-state index contributed by atoms with van der Waals surface area (Å²) in [6.45, 7) is 3.91. The van der Waals surface area contributed by atoms with E-state index in [0.717, 1.165) is 35.6 Å². The Morgan fingerprint density at radius 2 is 2.30 bits per heavy atom. The van der Waals surface area contributed by atoms with Crippen molar-refractivity contribution >= 4 is 17.3 Å². The number of benzene rings is 1. The van der Waals surface area contributed by atoms with E-state index in [0.29, 0.717) is 5.56 Å². The molecule has 20 heavy (non-hydrogen) atoms. The van der Waals surface area contributed by atoms with E-state index in [1.165, 1.54) is 17.7 Å². The van der Waals surface area contributed by atoms with E-state index in [1.807, 2.05) is 19.1 Å². The van der Waals surface area contributed by atoms with Gasteiger partial charge in [0, 0.05) is 30.0 Å². The number of hydrogen-bond donors (Lipinski definition) is 1. The summed E-state index contributed by atoms with van der Waals surface area (Å²) in [7, 11) is 1.40. The fourth-order valence-electron chi connectivity index (χ4n) is 2.39. The number of carbonyl (C=O) groups excluding carboxylic acids is 1. The number of rotatable bonds is 2. The van der Waals surface area contributed by atoms with Gasteiger partial charge in [-0.05, 0) is 24.6 Å². The lowest BCUT2D eigenvalue weighted by molar-refractivity contribution is 0.0600. The number of aryl methyl sites for hydroxylation is 1. The third-order valence-electron chi connectivity index (χ3n) is 3.48. The van der Waals surface area contributed by atoms with Crippen LogP contribution < -0.4 is 5.32 Å². The van der Waals surface area contributed by atoms with E-state index in [1.54, 1.807) is 17.4 Å². The number of nitrogens with one attached hydrogen (secondary N) is 1. The summed E-state index contributed by atoms with van der Waals surface area (Å²) in [4.78, 5) is 17.6. The highest BCUT2D eigenvalue weighted by Gasteiger charge is 2.17. The third-order valence-corrected chi connectivity index (χ3v) is 4.61. The molecular formula is C15H16N2O2S. The van der Waals surface area contributed by atoms with Crippen LogP contribution in [-0.4, -0.2) is 24.6 Å². The fraction of sp³-hybridized carbons (Fsp3) is 0.333. The van der Waals surface area contributed by atoms with E-state index in [9.17, 15) is 4.79 Å². The first-order chi connectivity index (χ1) is 9.69. The van der Waals surface area contributed by atoms with Crippen molar-refractivity contribution in [2.24, 2.45) is 0 Å². The molecule has 1 aromatic heterocycles. The first-order valence-corrected chi connectivity index (χ1v) is 7.39. The number of carbonyl (C=O) groups is 1. The monoisotopic (exact) mass is 288 g/mol. The van der Waals surface area contributed by atoms with Crippen LogP contribution in [0.5, 0.6) is 0 Å². The molecular weight excluding hydrogens is 272 g/mol. The molecule has 1 aliphatic heterocycles. The molecule has 1 N–H and O–H groups in total. The molecule has 0 fully saturated rings. The maximum Gasteiger partial charge on any atom is 0.337 e. The van der Waals surface area contributed by atoms with E-state index < -0.39 is 0 Å². The van der Waals surface area contributed by atoms with E-state index >= 15 is 0 Å². The van der Waals surface area contributed by atoms with Gasteiger partial charge in [0.2, 0.25) is 0 Å². The largest absolute Gasteiger partial charge is 0.465 e. The maximum atomic E-state index is 11.5. The van der Waals surface area contributed by atoms with Crippen LogP contribution in [-0.2, 0) is 17.7 Å². The molecule has 0 bridgehead atoms. The van der Waals surface area contributed by atoms with Gasteiger partial charge in [0.25, 0.3) is 0 Å². The number of esters is 1. The molecule has 104 valence electrons. The Kier molecular flexibility index (Phi) is 3.54. The molecule has 3 rings (SSSR count). The summed E-state index contributed by atoms with van der Waals surface area (Å²) in [6, 6.07) is 5.62. The Labute approximate surface area is 121 Å². The number of aromatic nitrogens is 1. The van der Waals surface area contributed by atoms with E-state index in [4.69, 9.17) is 9.72 Å². The minimum atomic E-state index is -0.303. The first kappa shape index (κ1) is 13.3. The van der Waals surface area contributed by atoms with Crippen molar-refractivity contribution in [1.82, 2.24) is 10.3 Å². The van der Waals surface area contributed by atoms with Gasteiger partial charge < -0.3 is 10.1 Å². The van der Waals surface area contributed by atoms with Crippen LogP contribution in [0.15, 0.2) is 18.2 Å². The highest BCUT2D eigenvalue weighted by Crippen LogP contribution is 2.32. The Balaban J connectivity index is 1.98. The summed E-state index contributed by atoms with van der Waals surface area (Å²) in [5.41, 5.74) is 3.93. The van der Waals surface area contributed by atoms with Crippen molar-refractivity contribution in [1.29, 1.82) is 0 Å². The summed E-state index contributed by atoms with van der Waals surface area (Å²) in [6.07, 6.45) is 0.991. The van der Waals surface area contributed by atoms with Crippen LogP contribution in [0.3, 0.4) is 0 Å². The Morgan fingerprint density at radius 1 is 1.45 bits per heavy atom. The maximum absolute atomic E-state index is 11.5. The molecule has 1 aliphatic rings. The topological polar surface area (TPSA) is 51.2 Å². The lowest BCUT2D eigenvalue weighted by atomic mass is 10.1. The van der Waals surface area contributed by atoms with Crippen LogP contribution >= 0.6 is 11.3 Å². The number of fused-ring (bicyclic) bond motifs is 1. The van der Waals surface area contributed by atoms with Gasteiger partial charge in [0.1, 0.15) is 5.01 Å². The summed E-state index contributed by atoms with van der Waals surface area (Å²) < 4.78 is 4.74. The van der Waals surface area contributed by atoms with Crippen molar-refractivity contribution in [3.63, 3.8) is 0 Å². The second-order valence-corrected chi connectivity index (χ2v) is 5.92. The number of hydrogen-bond acceptors (Lipinski definition) is 5. The number of methoxy groups -OCH3 is 1. The minimum Gasteiger partial charge on any atom is -0.465 e. The van der Waals surface area contributed by atoms with E-state index in [2.05, 4.69) is 5.32 Å². The predicted molar refractivity (Wildman–Crippen MR) is 79.0 cm³/mol. The van der Waals surface area contributed by atoms with Crippen LogP contribution in [0.25, 0.3) is 10.6 Å². The standard InChI is InChI=1S/C15H16N2O2S/c1-9-7-10(15(18)19-2)3-4-11(9)14-17-12-5-6-16-8-13(12)20-14/h3-4,7,16H,5-6,8H2,1-2H3. The van der Waals surface area contributed by atoms with Gasteiger partial charge >= 0.3 is 5.97 Å². The molecule has 2 heterocycles. The second-order valence-electron chi connectivity index (χ2n) is 4.84. The van der Waals surface area contributed by atoms with E-state index in [-0.39, 0.29) is 5.97 Å². The quantitative estimate of drug-likeness (QED) is 0.863. The van der Waals surface area contributed by atoms with Gasteiger partial charge in [0.05, 0.1) is 18.4 Å². The average molecular weight is 288 g/mol. The molecule has 0 saturated heterocycles. The zero-order chi connectivity index (χ0) is 14.1. The Bertz CT molecular complexity index is 640. The molecule has 0 spiro atoms. The van der Waals surface area contributed by atoms with Gasteiger partial charge in [-0.3, -0.25) is 0 Å². The molecule has 4 nitrogen and oxygen atoms in total. The van der Waals surface area contributed by atoms with Crippen LogP contribution in [0.4, 0.5) is 0 Å². The van der Waals surface area contributed by atoms with Crippen molar-refractivity contribution in [2.75, 3.05) is 13.7 Å². The molecule has 0 atom stereocenters. The molecule has 5 heteroatoms. The zero-order valence-corrected chi connectivity index (χ0v) is 12.3. The molecule has 0 unspecified atom stereocenters. The van der Waals surface area contributed by atoms with Crippen LogP contribution in [0.2, 0.25) is 0 Å². The second kappa shape index (κ2) is 5.34. The molecule has 0 aliphatic carbocycles. The van der Waals surface area contributed by atoms with Crippen LogP contribution in [0, 0.1) is 6.92 Å². The Hall–Kier alpha value is -1.72. The SMILES string of the molecule is COC(=O)c1ccc(-c2nc3c(s2)CNCC3)c(C)c1. The first-order valence-electron chi connectivity index (χ1n) is 6.57. The molecule has 0 amide bonds. The molecule has 0 saturated carbocycles. The van der Waals surface area contributed by atoms with Crippen molar-refractivity contribution in [2.45, 2.75) is 19.9 Å². The summed E-state index contributed by atoms with van der Waals surface area (Å²) in [5.74, 6) is -0.303. The third kappa shape index (κ3) is 2.34. The molecule has 2 aromatic rings. The zero-order valence-electron chi connectivity index (χ0n) is 11.5. The van der Waals surface area contributed by atoms with Crippen molar-refractivity contribution in [3.8, 4) is 10.6 Å². The highest BCUT2D eigenvalue weighted by molar-refractivity contribution is 7.15. The summed E-state index contributed by atoms with van der Waals surface area (Å²) >= 11 is 1.73. The predicted octanol–water partition coefficient (Wildman–Crippen LogP) is 2.55. The van der Waals surface area contributed by atoms with Crippen molar-refractivity contribution < 1.29 is 9.53 Å². The minimum absolute atomic E-state index is 0.303.